The van der Waals surface area contributed by atoms with Gasteiger partial charge in [-0.2, -0.15) is 0 Å². The zero-order valence-electron chi connectivity index (χ0n) is 18.8. The first kappa shape index (κ1) is 23.1. The molecule has 3 atom stereocenters. The van der Waals surface area contributed by atoms with Crippen LogP contribution in [0, 0.1) is 16.0 Å². The van der Waals surface area contributed by atoms with Crippen LogP contribution in [-0.4, -0.2) is 25.0 Å². The van der Waals surface area contributed by atoms with Crippen LogP contribution >= 0.6 is 0 Å². The van der Waals surface area contributed by atoms with Gasteiger partial charge in [-0.1, -0.05) is 42.5 Å². The molecule has 3 N–H and O–H groups in total. The third-order valence-electron chi connectivity index (χ3n) is 6.75. The molecular weight excluding hydrogens is 466 g/mol. The van der Waals surface area contributed by atoms with Gasteiger partial charge in [0.25, 0.3) is 5.69 Å². The number of phenols is 1. The first-order chi connectivity index (χ1) is 16.8. The number of hydrogen-bond acceptors (Lipinski definition) is 6. The molecular formula is C26H25N3O5S. The Bertz CT molecular complexity index is 1410. The SMILES string of the molecule is O=[N+]([O-])c1ccc(O)c(C2Nc3ccc(S(=O)(=O)NCCc4ccccc4)cc3C3C=CCC32)c1. The Hall–Kier alpha value is -3.69. The molecule has 180 valence electrons. The predicted octanol–water partition coefficient (Wildman–Crippen LogP) is 4.65. The van der Waals surface area contributed by atoms with Crippen LogP contribution in [0.3, 0.4) is 0 Å². The summed E-state index contributed by atoms with van der Waals surface area (Å²) in [7, 11) is -3.70. The van der Waals surface area contributed by atoms with Gasteiger partial charge in [0, 0.05) is 35.8 Å². The van der Waals surface area contributed by atoms with Crippen molar-refractivity contribution in [3.8, 4) is 5.75 Å². The van der Waals surface area contributed by atoms with Gasteiger partial charge in [0.05, 0.1) is 15.9 Å². The van der Waals surface area contributed by atoms with E-state index in [-0.39, 0.29) is 34.2 Å². The number of hydrogen-bond donors (Lipinski definition) is 3. The number of non-ortho nitro benzene ring substituents is 1. The lowest BCUT2D eigenvalue weighted by Crippen LogP contribution is -2.30. The Labute approximate surface area is 203 Å². The largest absolute Gasteiger partial charge is 0.508 e. The highest BCUT2D eigenvalue weighted by Crippen LogP contribution is 2.51. The van der Waals surface area contributed by atoms with Crippen molar-refractivity contribution in [1.82, 2.24) is 4.72 Å². The van der Waals surface area contributed by atoms with E-state index in [1.54, 1.807) is 18.2 Å². The van der Waals surface area contributed by atoms with Gasteiger partial charge < -0.3 is 10.4 Å². The predicted molar refractivity (Wildman–Crippen MR) is 133 cm³/mol. The third kappa shape index (κ3) is 4.52. The minimum Gasteiger partial charge on any atom is -0.508 e. The molecule has 3 aromatic carbocycles. The van der Waals surface area contributed by atoms with Crippen molar-refractivity contribution in [2.24, 2.45) is 5.92 Å². The molecule has 2 aliphatic rings. The normalized spacial score (nSPS) is 20.6. The fourth-order valence-electron chi connectivity index (χ4n) is 5.01. The molecule has 0 radical (unpaired) electrons. The molecule has 5 rings (SSSR count). The maximum atomic E-state index is 13.0. The Morgan fingerprint density at radius 1 is 1.06 bits per heavy atom. The summed E-state index contributed by atoms with van der Waals surface area (Å²) in [5.74, 6) is -0.0993. The van der Waals surface area contributed by atoms with Gasteiger partial charge in [-0.15, -0.1) is 0 Å². The van der Waals surface area contributed by atoms with E-state index in [0.717, 1.165) is 16.8 Å². The summed E-state index contributed by atoms with van der Waals surface area (Å²) in [4.78, 5) is 11.0. The molecule has 0 fully saturated rings. The molecule has 35 heavy (non-hydrogen) atoms. The van der Waals surface area contributed by atoms with Crippen LogP contribution in [0.4, 0.5) is 11.4 Å². The summed E-state index contributed by atoms with van der Waals surface area (Å²) in [6.07, 6.45) is 5.38. The first-order valence-electron chi connectivity index (χ1n) is 11.4. The van der Waals surface area contributed by atoms with Crippen molar-refractivity contribution in [3.05, 3.63) is 106 Å². The highest BCUT2D eigenvalue weighted by molar-refractivity contribution is 7.89. The molecule has 0 aromatic heterocycles. The molecule has 0 saturated heterocycles. The van der Waals surface area contributed by atoms with Gasteiger partial charge >= 0.3 is 0 Å². The van der Waals surface area contributed by atoms with Gasteiger partial charge in [0.15, 0.2) is 0 Å². The third-order valence-corrected chi connectivity index (χ3v) is 8.21. The lowest BCUT2D eigenvalue weighted by atomic mass is 9.77. The monoisotopic (exact) mass is 491 g/mol. The number of aromatic hydroxyl groups is 1. The maximum absolute atomic E-state index is 13.0. The molecule has 9 heteroatoms. The number of nitrogens with one attached hydrogen (secondary N) is 2. The highest BCUT2D eigenvalue weighted by Gasteiger charge is 2.39. The lowest BCUT2D eigenvalue weighted by molar-refractivity contribution is -0.385. The minimum atomic E-state index is -3.70. The minimum absolute atomic E-state index is 0.0102. The summed E-state index contributed by atoms with van der Waals surface area (Å²) in [6.45, 7) is 0.293. The second-order valence-electron chi connectivity index (χ2n) is 8.86. The molecule has 3 aromatic rings. The number of anilines is 1. The Kier molecular flexibility index (Phi) is 6.04. The number of allylic oxidation sites excluding steroid dienone is 2. The summed E-state index contributed by atoms with van der Waals surface area (Å²) < 4.78 is 28.7. The molecule has 1 aliphatic heterocycles. The van der Waals surface area contributed by atoms with E-state index >= 15 is 0 Å². The molecule has 1 aliphatic carbocycles. The van der Waals surface area contributed by atoms with Crippen molar-refractivity contribution in [3.63, 3.8) is 0 Å². The Balaban J connectivity index is 1.41. The molecule has 0 bridgehead atoms. The standard InChI is InChI=1S/C26H25N3O5S/c30-25-12-9-18(29(31)32)15-23(25)26-21-8-4-7-20(21)22-16-19(10-11-24(22)28-26)35(33,34)27-14-13-17-5-2-1-3-6-17/h1-7,9-12,15-16,20-21,26-28,30H,8,13-14H2. The van der Waals surface area contributed by atoms with Crippen LogP contribution in [0.25, 0.3) is 0 Å². The van der Waals surface area contributed by atoms with Crippen molar-refractivity contribution >= 4 is 21.4 Å². The number of phenolic OH excluding ortho intramolecular Hbond substituents is 1. The van der Waals surface area contributed by atoms with Crippen LogP contribution in [0.15, 0.2) is 83.8 Å². The summed E-state index contributed by atoms with van der Waals surface area (Å²) in [5.41, 5.74) is 3.03. The number of benzene rings is 3. The molecule has 0 spiro atoms. The number of nitro benzene ring substituents is 1. The van der Waals surface area contributed by atoms with Gasteiger partial charge in [-0.25, -0.2) is 13.1 Å². The Morgan fingerprint density at radius 3 is 2.63 bits per heavy atom. The zero-order chi connectivity index (χ0) is 24.6. The van der Waals surface area contributed by atoms with Crippen molar-refractivity contribution < 1.29 is 18.4 Å². The van der Waals surface area contributed by atoms with Crippen molar-refractivity contribution in [2.75, 3.05) is 11.9 Å². The van der Waals surface area contributed by atoms with Crippen LogP contribution in [-0.2, 0) is 16.4 Å². The maximum Gasteiger partial charge on any atom is 0.270 e. The lowest BCUT2D eigenvalue weighted by Gasteiger charge is -2.37. The van der Waals surface area contributed by atoms with E-state index < -0.39 is 14.9 Å². The van der Waals surface area contributed by atoms with Gasteiger partial charge in [0.2, 0.25) is 10.0 Å². The van der Waals surface area contributed by atoms with Crippen molar-refractivity contribution in [1.29, 1.82) is 0 Å². The van der Waals surface area contributed by atoms with E-state index in [1.807, 2.05) is 42.5 Å². The van der Waals surface area contributed by atoms with E-state index in [9.17, 15) is 23.6 Å². The fourth-order valence-corrected chi connectivity index (χ4v) is 6.08. The fraction of sp³-hybridized carbons (Fsp3) is 0.231. The number of nitro groups is 1. The molecule has 3 unspecified atom stereocenters. The number of rotatable bonds is 7. The second-order valence-corrected chi connectivity index (χ2v) is 10.6. The molecule has 0 amide bonds. The van der Waals surface area contributed by atoms with Crippen LogP contribution < -0.4 is 10.0 Å². The van der Waals surface area contributed by atoms with E-state index in [1.165, 1.54) is 18.2 Å². The number of nitrogens with zero attached hydrogens (tertiary/aromatic N) is 1. The average molecular weight is 492 g/mol. The topological polar surface area (TPSA) is 122 Å². The Morgan fingerprint density at radius 2 is 1.86 bits per heavy atom. The summed E-state index contributed by atoms with van der Waals surface area (Å²) in [5, 5.41) is 25.2. The molecule has 8 nitrogen and oxygen atoms in total. The quantitative estimate of drug-likeness (QED) is 0.251. The highest BCUT2D eigenvalue weighted by atomic mass is 32.2. The van der Waals surface area contributed by atoms with Crippen molar-refractivity contribution in [2.45, 2.75) is 29.7 Å². The van der Waals surface area contributed by atoms with Crippen LogP contribution in [0.5, 0.6) is 5.75 Å². The summed E-state index contributed by atoms with van der Waals surface area (Å²) in [6, 6.07) is 18.3. The van der Waals surface area contributed by atoms with Crippen LogP contribution in [0.1, 0.15) is 35.1 Å². The summed E-state index contributed by atoms with van der Waals surface area (Å²) >= 11 is 0. The molecule has 0 saturated carbocycles. The van der Waals surface area contributed by atoms with Gasteiger partial charge in [-0.3, -0.25) is 10.1 Å². The van der Waals surface area contributed by atoms with Gasteiger partial charge in [0.1, 0.15) is 5.75 Å². The smallest absolute Gasteiger partial charge is 0.270 e. The van der Waals surface area contributed by atoms with Crippen LogP contribution in [0.2, 0.25) is 0 Å². The number of sulfonamides is 1. The molecule has 1 heterocycles. The van der Waals surface area contributed by atoms with E-state index in [2.05, 4.69) is 10.0 Å². The van der Waals surface area contributed by atoms with E-state index in [4.69, 9.17) is 0 Å². The van der Waals surface area contributed by atoms with Gasteiger partial charge in [-0.05, 0) is 54.2 Å². The second kappa shape index (κ2) is 9.16. The zero-order valence-corrected chi connectivity index (χ0v) is 19.6. The first-order valence-corrected chi connectivity index (χ1v) is 12.9. The van der Waals surface area contributed by atoms with E-state index in [0.29, 0.717) is 24.9 Å². The number of fused-ring (bicyclic) bond motifs is 3. The average Bonchev–Trinajstić information content (AvgIpc) is 3.34.